The van der Waals surface area contributed by atoms with Crippen LogP contribution < -0.4 is 10.1 Å². The molecule has 1 N–H and O–H groups in total. The summed E-state index contributed by atoms with van der Waals surface area (Å²) in [6.45, 7) is 0.836. The zero-order valence-corrected chi connectivity index (χ0v) is 14.0. The van der Waals surface area contributed by atoms with E-state index in [2.05, 4.69) is 5.32 Å². The average Bonchev–Trinajstić information content (AvgIpc) is 2.61. The van der Waals surface area contributed by atoms with Crippen LogP contribution in [0.1, 0.15) is 6.42 Å². The molecule has 128 valence electrons. The number of nitrogens with one attached hydrogen (secondary N) is 1. The zero-order chi connectivity index (χ0) is 17.1. The zero-order valence-electron chi connectivity index (χ0n) is 13.2. The molecule has 0 bridgehead atoms. The number of hydrogen-bond donors (Lipinski definition) is 1. The molecule has 0 aromatic heterocycles. The summed E-state index contributed by atoms with van der Waals surface area (Å²) in [5.41, 5.74) is 0.603. The maximum atomic E-state index is 12.5. The van der Waals surface area contributed by atoms with E-state index in [1.54, 1.807) is 29.2 Å². The highest BCUT2D eigenvalue weighted by molar-refractivity contribution is 8.00. The number of benzene rings is 1. The second kappa shape index (κ2) is 7.12. The van der Waals surface area contributed by atoms with E-state index in [0.29, 0.717) is 30.3 Å². The summed E-state index contributed by atoms with van der Waals surface area (Å²) in [5.74, 6) is 0.336. The lowest BCUT2D eigenvalue weighted by molar-refractivity contribution is -0.142. The molecule has 2 aliphatic heterocycles. The Kier molecular flexibility index (Phi) is 4.94. The van der Waals surface area contributed by atoms with Gasteiger partial charge in [0.2, 0.25) is 5.91 Å². The fraction of sp³-hybridized carbons (Fsp3) is 0.438. The van der Waals surface area contributed by atoms with Crippen LogP contribution in [0.15, 0.2) is 24.3 Å². The number of amides is 2. The van der Waals surface area contributed by atoms with Gasteiger partial charge in [0.25, 0.3) is 5.91 Å². The first-order chi connectivity index (χ1) is 11.6. The molecule has 1 aromatic rings. The molecular formula is C16H18N2O5S. The monoisotopic (exact) mass is 350 g/mol. The smallest absolute Gasteiger partial charge is 0.320 e. The molecule has 0 unspecified atom stereocenters. The molecule has 7 nitrogen and oxygen atoms in total. The first-order valence-electron chi connectivity index (χ1n) is 7.62. The van der Waals surface area contributed by atoms with Crippen LogP contribution >= 0.6 is 11.8 Å². The molecule has 2 atom stereocenters. The number of carbonyl (C=O) groups excluding carboxylic acids is 3. The lowest BCUT2D eigenvalue weighted by Crippen LogP contribution is -2.48. The highest BCUT2D eigenvalue weighted by Crippen LogP contribution is 2.30. The van der Waals surface area contributed by atoms with E-state index >= 15 is 0 Å². The van der Waals surface area contributed by atoms with Crippen LogP contribution in [0.25, 0.3) is 0 Å². The summed E-state index contributed by atoms with van der Waals surface area (Å²) in [4.78, 5) is 37.8. The van der Waals surface area contributed by atoms with Gasteiger partial charge in [0.05, 0.1) is 19.2 Å². The summed E-state index contributed by atoms with van der Waals surface area (Å²) in [7, 11) is 1.33. The summed E-state index contributed by atoms with van der Waals surface area (Å²) in [6.07, 6.45) is -0.919. The van der Waals surface area contributed by atoms with Gasteiger partial charge in [-0.15, -0.1) is 11.8 Å². The van der Waals surface area contributed by atoms with Crippen molar-refractivity contribution in [3.63, 3.8) is 0 Å². The van der Waals surface area contributed by atoms with E-state index in [0.717, 1.165) is 0 Å². The van der Waals surface area contributed by atoms with Crippen molar-refractivity contribution in [2.45, 2.75) is 17.8 Å². The molecule has 0 spiro atoms. The fourth-order valence-corrected chi connectivity index (χ4v) is 3.79. The van der Waals surface area contributed by atoms with Gasteiger partial charge in [0, 0.05) is 18.8 Å². The molecule has 8 heteroatoms. The second-order valence-corrected chi connectivity index (χ2v) is 6.83. The quantitative estimate of drug-likeness (QED) is 0.815. The molecule has 0 aliphatic carbocycles. The van der Waals surface area contributed by atoms with E-state index in [1.165, 1.54) is 18.9 Å². The lowest BCUT2D eigenvalue weighted by Gasteiger charge is -2.32. The fourth-order valence-electron chi connectivity index (χ4n) is 2.66. The first-order valence-corrected chi connectivity index (χ1v) is 8.67. The third-order valence-corrected chi connectivity index (χ3v) is 5.11. The Morgan fingerprint density at radius 3 is 3.00 bits per heavy atom. The molecule has 2 heterocycles. The van der Waals surface area contributed by atoms with Crippen LogP contribution in [-0.2, 0) is 19.1 Å². The minimum Gasteiger partial charge on any atom is -0.478 e. The van der Waals surface area contributed by atoms with Crippen molar-refractivity contribution in [3.05, 3.63) is 24.3 Å². The standard InChI is InChI=1S/C16H18N2O5S/c1-22-16(21)13-9-18(6-7-24-13)14(19)8-12-15(20)17-10-4-2-3-5-11(10)23-12/h2-5,12-13H,6-9H2,1H3,(H,17,20)/t12-,13-/m0/s1. The highest BCUT2D eigenvalue weighted by Gasteiger charge is 2.34. The Morgan fingerprint density at radius 1 is 1.42 bits per heavy atom. The third-order valence-electron chi connectivity index (χ3n) is 3.95. The Hall–Kier alpha value is -2.22. The number of rotatable bonds is 3. The molecule has 3 rings (SSSR count). The predicted octanol–water partition coefficient (Wildman–Crippen LogP) is 0.893. The lowest BCUT2D eigenvalue weighted by atomic mass is 10.1. The second-order valence-electron chi connectivity index (χ2n) is 5.52. The summed E-state index contributed by atoms with van der Waals surface area (Å²) in [5, 5.41) is 2.36. The summed E-state index contributed by atoms with van der Waals surface area (Å²) < 4.78 is 10.4. The Morgan fingerprint density at radius 2 is 2.21 bits per heavy atom. The molecule has 1 saturated heterocycles. The molecule has 0 saturated carbocycles. The number of fused-ring (bicyclic) bond motifs is 1. The molecule has 2 amide bonds. The van der Waals surface area contributed by atoms with Crippen molar-refractivity contribution in [1.29, 1.82) is 0 Å². The van der Waals surface area contributed by atoms with Crippen molar-refractivity contribution in [1.82, 2.24) is 4.90 Å². The van der Waals surface area contributed by atoms with Gasteiger partial charge >= 0.3 is 5.97 Å². The van der Waals surface area contributed by atoms with Crippen LogP contribution in [-0.4, -0.2) is 60.0 Å². The Labute approximate surface area is 143 Å². The number of nitrogens with zero attached hydrogens (tertiary/aromatic N) is 1. The molecular weight excluding hydrogens is 332 g/mol. The van der Waals surface area contributed by atoms with E-state index in [-0.39, 0.29) is 29.5 Å². The minimum absolute atomic E-state index is 0.0568. The molecule has 2 aliphatic rings. The Balaban J connectivity index is 1.62. The van der Waals surface area contributed by atoms with Gasteiger partial charge in [0.1, 0.15) is 11.0 Å². The van der Waals surface area contributed by atoms with Gasteiger partial charge in [-0.2, -0.15) is 0 Å². The number of methoxy groups -OCH3 is 1. The van der Waals surface area contributed by atoms with Gasteiger partial charge in [-0.3, -0.25) is 14.4 Å². The van der Waals surface area contributed by atoms with Crippen molar-refractivity contribution < 1.29 is 23.9 Å². The molecule has 0 radical (unpaired) electrons. The van der Waals surface area contributed by atoms with Gasteiger partial charge in [-0.25, -0.2) is 0 Å². The Bertz CT molecular complexity index is 666. The van der Waals surface area contributed by atoms with Crippen molar-refractivity contribution in [2.75, 3.05) is 31.3 Å². The minimum atomic E-state index is -0.862. The number of para-hydroxylation sites is 2. The average molecular weight is 350 g/mol. The topological polar surface area (TPSA) is 84.9 Å². The van der Waals surface area contributed by atoms with Gasteiger partial charge in [0.15, 0.2) is 6.10 Å². The van der Waals surface area contributed by atoms with Crippen LogP contribution in [0.4, 0.5) is 5.69 Å². The van der Waals surface area contributed by atoms with Crippen LogP contribution in [0.5, 0.6) is 5.75 Å². The SMILES string of the molecule is COC(=O)[C@@H]1CN(C(=O)C[C@@H]2Oc3ccccc3NC2=O)CCS1. The van der Waals surface area contributed by atoms with E-state index in [9.17, 15) is 14.4 Å². The van der Waals surface area contributed by atoms with Crippen molar-refractivity contribution in [3.8, 4) is 5.75 Å². The number of hydrogen-bond acceptors (Lipinski definition) is 6. The van der Waals surface area contributed by atoms with Crippen LogP contribution in [0, 0.1) is 0 Å². The molecule has 24 heavy (non-hydrogen) atoms. The maximum Gasteiger partial charge on any atom is 0.320 e. The number of anilines is 1. The van der Waals surface area contributed by atoms with Gasteiger partial charge in [-0.05, 0) is 12.1 Å². The number of thioether (sulfide) groups is 1. The van der Waals surface area contributed by atoms with E-state index < -0.39 is 6.10 Å². The van der Waals surface area contributed by atoms with E-state index in [4.69, 9.17) is 9.47 Å². The highest BCUT2D eigenvalue weighted by atomic mass is 32.2. The third kappa shape index (κ3) is 3.48. The number of carbonyl (C=O) groups is 3. The number of ether oxygens (including phenoxy) is 2. The predicted molar refractivity (Wildman–Crippen MR) is 88.9 cm³/mol. The first kappa shape index (κ1) is 16.6. The van der Waals surface area contributed by atoms with Gasteiger partial charge < -0.3 is 19.7 Å². The number of esters is 1. The van der Waals surface area contributed by atoms with Crippen LogP contribution in [0.3, 0.4) is 0 Å². The normalized spacial score (nSPS) is 22.9. The molecule has 1 aromatic carbocycles. The van der Waals surface area contributed by atoms with Crippen LogP contribution in [0.2, 0.25) is 0 Å². The largest absolute Gasteiger partial charge is 0.478 e. The molecule has 1 fully saturated rings. The van der Waals surface area contributed by atoms with Crippen molar-refractivity contribution in [2.24, 2.45) is 0 Å². The van der Waals surface area contributed by atoms with E-state index in [1.807, 2.05) is 0 Å². The van der Waals surface area contributed by atoms with Crippen molar-refractivity contribution >= 4 is 35.2 Å². The van der Waals surface area contributed by atoms with Gasteiger partial charge in [-0.1, -0.05) is 12.1 Å². The summed E-state index contributed by atoms with van der Waals surface area (Å²) >= 11 is 1.48. The summed E-state index contributed by atoms with van der Waals surface area (Å²) in [6, 6.07) is 7.09. The maximum absolute atomic E-state index is 12.5.